The molecule has 7 nitrogen and oxygen atoms in total. The summed E-state index contributed by atoms with van der Waals surface area (Å²) < 4.78 is 6.09. The van der Waals surface area contributed by atoms with Gasteiger partial charge in [-0.1, -0.05) is 4.98 Å². The first-order valence-corrected chi connectivity index (χ1v) is 4.39. The van der Waals surface area contributed by atoms with Crippen LogP contribution in [0.3, 0.4) is 0 Å². The van der Waals surface area contributed by atoms with Gasteiger partial charge < -0.3 is 20.0 Å². The Balaban J connectivity index is 2.83. The van der Waals surface area contributed by atoms with E-state index >= 15 is 0 Å². The molecule has 84 valence electrons. The second-order valence-electron chi connectivity index (χ2n) is 3.18. The minimum absolute atomic E-state index is 0.107. The lowest BCUT2D eigenvalue weighted by Crippen LogP contribution is -2.22. The Morgan fingerprint density at radius 2 is 2.47 bits per heavy atom. The summed E-state index contributed by atoms with van der Waals surface area (Å²) in [7, 11) is 1.46. The second kappa shape index (κ2) is 4.85. The molecule has 1 atom stereocenters. The first-order chi connectivity index (χ1) is 7.06. The largest absolute Gasteiger partial charge is 0.434 e. The topological polar surface area (TPSA) is 90.4 Å². The molecule has 0 aromatic carbocycles. The smallest absolute Gasteiger partial charge is 0.390 e. The molecular weight excluding hydrogens is 202 g/mol. The second-order valence-corrected chi connectivity index (χ2v) is 3.18. The molecule has 1 aromatic rings. The summed E-state index contributed by atoms with van der Waals surface area (Å²) >= 11 is 0. The number of aliphatic hydroxyl groups excluding tert-OH is 1. The SMILES string of the molecule is COCC(O)Cn1c(C)cnc1[N+](=O)[O-]. The molecule has 0 bridgehead atoms. The van der Waals surface area contributed by atoms with Gasteiger partial charge in [-0.05, 0) is 11.8 Å². The lowest BCUT2D eigenvalue weighted by atomic mass is 10.3. The number of nitro groups is 1. The average molecular weight is 215 g/mol. The van der Waals surface area contributed by atoms with Gasteiger partial charge in [0.15, 0.2) is 0 Å². The molecule has 0 aliphatic carbocycles. The minimum atomic E-state index is -0.776. The predicted molar refractivity (Wildman–Crippen MR) is 51.5 cm³/mol. The molecule has 0 spiro atoms. The quantitative estimate of drug-likeness (QED) is 0.556. The lowest BCUT2D eigenvalue weighted by molar-refractivity contribution is -0.397. The molecule has 0 saturated heterocycles. The van der Waals surface area contributed by atoms with Gasteiger partial charge in [0.2, 0.25) is 0 Å². The van der Waals surface area contributed by atoms with Crippen LogP contribution in [0.1, 0.15) is 5.69 Å². The van der Waals surface area contributed by atoms with E-state index in [2.05, 4.69) is 4.98 Å². The summed E-state index contributed by atoms with van der Waals surface area (Å²) in [6.45, 7) is 1.93. The van der Waals surface area contributed by atoms with Crippen LogP contribution in [0.5, 0.6) is 0 Å². The Hall–Kier alpha value is -1.47. The highest BCUT2D eigenvalue weighted by atomic mass is 16.6. The number of aliphatic hydroxyl groups is 1. The number of imidazole rings is 1. The first kappa shape index (κ1) is 11.6. The van der Waals surface area contributed by atoms with Crippen molar-refractivity contribution in [2.24, 2.45) is 0 Å². The van der Waals surface area contributed by atoms with Crippen molar-refractivity contribution in [2.75, 3.05) is 13.7 Å². The fourth-order valence-electron chi connectivity index (χ4n) is 1.28. The number of ether oxygens (including phenoxy) is 1. The van der Waals surface area contributed by atoms with Crippen LogP contribution in [0.25, 0.3) is 0 Å². The number of nitrogens with zero attached hydrogens (tertiary/aromatic N) is 3. The lowest BCUT2D eigenvalue weighted by Gasteiger charge is -2.09. The van der Waals surface area contributed by atoms with Crippen LogP contribution in [0.4, 0.5) is 5.95 Å². The van der Waals surface area contributed by atoms with Crippen LogP contribution in [0, 0.1) is 17.0 Å². The van der Waals surface area contributed by atoms with E-state index in [1.807, 2.05) is 0 Å². The summed E-state index contributed by atoms with van der Waals surface area (Å²) in [4.78, 5) is 13.6. The van der Waals surface area contributed by atoms with Gasteiger partial charge in [-0.2, -0.15) is 0 Å². The van der Waals surface area contributed by atoms with Crippen molar-refractivity contribution < 1.29 is 14.8 Å². The predicted octanol–water partition coefficient (Wildman–Crippen LogP) is 0.107. The molecular formula is C8H13N3O4. The van der Waals surface area contributed by atoms with Crippen molar-refractivity contribution in [2.45, 2.75) is 19.6 Å². The molecule has 0 aliphatic heterocycles. The Kier molecular flexibility index (Phi) is 3.75. The van der Waals surface area contributed by atoms with Crippen molar-refractivity contribution in [3.8, 4) is 0 Å². The normalized spacial score (nSPS) is 12.7. The molecule has 0 fully saturated rings. The summed E-state index contributed by atoms with van der Waals surface area (Å²) in [5, 5.41) is 20.0. The number of methoxy groups -OCH3 is 1. The van der Waals surface area contributed by atoms with Crippen LogP contribution in [-0.2, 0) is 11.3 Å². The summed E-state index contributed by atoms with van der Waals surface area (Å²) in [5.41, 5.74) is 0.636. The molecule has 0 saturated carbocycles. The van der Waals surface area contributed by atoms with Crippen molar-refractivity contribution in [1.82, 2.24) is 9.55 Å². The Morgan fingerprint density at radius 3 is 3.00 bits per heavy atom. The molecule has 0 amide bonds. The van der Waals surface area contributed by atoms with Gasteiger partial charge in [0.1, 0.15) is 24.5 Å². The highest BCUT2D eigenvalue weighted by Gasteiger charge is 2.20. The van der Waals surface area contributed by atoms with Gasteiger partial charge >= 0.3 is 5.95 Å². The third-order valence-electron chi connectivity index (χ3n) is 1.95. The van der Waals surface area contributed by atoms with Crippen molar-refractivity contribution in [1.29, 1.82) is 0 Å². The average Bonchev–Trinajstić information content (AvgIpc) is 2.48. The molecule has 15 heavy (non-hydrogen) atoms. The van der Waals surface area contributed by atoms with Gasteiger partial charge in [-0.25, -0.2) is 4.57 Å². The zero-order chi connectivity index (χ0) is 11.4. The summed E-state index contributed by atoms with van der Waals surface area (Å²) in [5.74, 6) is -0.261. The zero-order valence-corrected chi connectivity index (χ0v) is 8.58. The Bertz CT molecular complexity index is 350. The van der Waals surface area contributed by atoms with E-state index in [1.54, 1.807) is 6.92 Å². The van der Waals surface area contributed by atoms with Crippen LogP contribution >= 0.6 is 0 Å². The van der Waals surface area contributed by atoms with E-state index in [0.29, 0.717) is 5.69 Å². The van der Waals surface area contributed by atoms with Crippen LogP contribution < -0.4 is 0 Å². The van der Waals surface area contributed by atoms with Crippen LogP contribution in [-0.4, -0.2) is 39.4 Å². The van der Waals surface area contributed by atoms with E-state index in [9.17, 15) is 15.2 Å². The monoisotopic (exact) mass is 215 g/mol. The highest BCUT2D eigenvalue weighted by molar-refractivity contribution is 5.14. The molecule has 7 heteroatoms. The molecule has 0 radical (unpaired) electrons. The molecule has 0 aliphatic rings. The first-order valence-electron chi connectivity index (χ1n) is 4.39. The van der Waals surface area contributed by atoms with Gasteiger partial charge in [-0.15, -0.1) is 0 Å². The fourth-order valence-corrected chi connectivity index (χ4v) is 1.28. The number of rotatable bonds is 5. The van der Waals surface area contributed by atoms with Crippen molar-refractivity contribution >= 4 is 5.95 Å². The van der Waals surface area contributed by atoms with E-state index in [-0.39, 0.29) is 19.1 Å². The third kappa shape index (κ3) is 2.74. The Labute approximate surface area is 86.5 Å². The molecule has 1 aromatic heterocycles. The van der Waals surface area contributed by atoms with E-state index in [0.717, 1.165) is 0 Å². The number of hydrogen-bond donors (Lipinski definition) is 1. The zero-order valence-electron chi connectivity index (χ0n) is 8.58. The van der Waals surface area contributed by atoms with Crippen molar-refractivity contribution in [3.63, 3.8) is 0 Å². The van der Waals surface area contributed by atoms with Crippen LogP contribution in [0.2, 0.25) is 0 Å². The maximum atomic E-state index is 10.6. The third-order valence-corrected chi connectivity index (χ3v) is 1.95. The van der Waals surface area contributed by atoms with Gasteiger partial charge in [-0.3, -0.25) is 0 Å². The maximum absolute atomic E-state index is 10.6. The van der Waals surface area contributed by atoms with Crippen LogP contribution in [0.15, 0.2) is 6.20 Å². The fraction of sp³-hybridized carbons (Fsp3) is 0.625. The maximum Gasteiger partial charge on any atom is 0.434 e. The van der Waals surface area contributed by atoms with E-state index in [4.69, 9.17) is 4.74 Å². The molecule has 1 rings (SSSR count). The molecule has 1 heterocycles. The van der Waals surface area contributed by atoms with Gasteiger partial charge in [0.05, 0.1) is 6.61 Å². The molecule has 1 unspecified atom stereocenters. The van der Waals surface area contributed by atoms with Gasteiger partial charge in [0.25, 0.3) is 0 Å². The number of aromatic nitrogens is 2. The standard InChI is InChI=1S/C8H13N3O4/c1-6-3-9-8(11(13)14)10(6)4-7(12)5-15-2/h3,7,12H,4-5H2,1-2H3. The summed E-state index contributed by atoms with van der Waals surface area (Å²) in [6.07, 6.45) is 0.624. The van der Waals surface area contributed by atoms with Gasteiger partial charge in [0, 0.05) is 7.11 Å². The minimum Gasteiger partial charge on any atom is -0.390 e. The summed E-state index contributed by atoms with van der Waals surface area (Å²) in [6, 6.07) is 0. The number of aryl methyl sites for hydroxylation is 1. The number of hydrogen-bond acceptors (Lipinski definition) is 5. The molecule has 1 N–H and O–H groups in total. The van der Waals surface area contributed by atoms with E-state index < -0.39 is 11.0 Å². The van der Waals surface area contributed by atoms with E-state index in [1.165, 1.54) is 17.9 Å². The van der Waals surface area contributed by atoms with Crippen molar-refractivity contribution in [3.05, 3.63) is 22.0 Å². The Morgan fingerprint density at radius 1 is 1.80 bits per heavy atom. The highest BCUT2D eigenvalue weighted by Crippen LogP contribution is 2.12.